The van der Waals surface area contributed by atoms with Crippen LogP contribution in [0.2, 0.25) is 0 Å². The van der Waals surface area contributed by atoms with E-state index in [0.29, 0.717) is 11.6 Å². The van der Waals surface area contributed by atoms with Gasteiger partial charge in [0.2, 0.25) is 11.8 Å². The average molecular weight is 398 g/mol. The van der Waals surface area contributed by atoms with Gasteiger partial charge in [0, 0.05) is 22.2 Å². The third kappa shape index (κ3) is 5.94. The summed E-state index contributed by atoms with van der Waals surface area (Å²) in [6.45, 7) is 1.85. The standard InChI is InChI=1S/C20H19N3O2S2/c1-14(19(25)23-20-21-11-12-26-20)27-17-9-7-16(8-10-17)22-18(24)13-15-5-3-2-4-6-15/h2-12,14H,13H2,1H3,(H,22,24)(H,21,23,25). The zero-order valence-corrected chi connectivity index (χ0v) is 16.3. The van der Waals surface area contributed by atoms with E-state index >= 15 is 0 Å². The fourth-order valence-electron chi connectivity index (χ4n) is 2.35. The molecule has 0 bridgehead atoms. The quantitative estimate of drug-likeness (QED) is 0.578. The minimum atomic E-state index is -0.257. The highest BCUT2D eigenvalue weighted by Crippen LogP contribution is 2.26. The van der Waals surface area contributed by atoms with Gasteiger partial charge < -0.3 is 10.6 Å². The molecule has 0 aliphatic heterocycles. The smallest absolute Gasteiger partial charge is 0.239 e. The number of amides is 2. The Morgan fingerprint density at radius 3 is 2.48 bits per heavy atom. The van der Waals surface area contributed by atoms with Crippen LogP contribution in [-0.4, -0.2) is 22.0 Å². The lowest BCUT2D eigenvalue weighted by molar-refractivity contribution is -0.116. The van der Waals surface area contributed by atoms with Crippen molar-refractivity contribution in [2.24, 2.45) is 0 Å². The van der Waals surface area contributed by atoms with Crippen LogP contribution in [0.5, 0.6) is 0 Å². The predicted octanol–water partition coefficient (Wildman–Crippen LogP) is 4.44. The van der Waals surface area contributed by atoms with Crippen LogP contribution in [0.3, 0.4) is 0 Å². The molecule has 27 heavy (non-hydrogen) atoms. The van der Waals surface area contributed by atoms with Gasteiger partial charge in [-0.25, -0.2) is 4.98 Å². The molecule has 1 heterocycles. The van der Waals surface area contributed by atoms with E-state index in [-0.39, 0.29) is 17.1 Å². The van der Waals surface area contributed by atoms with E-state index in [0.717, 1.165) is 16.1 Å². The molecule has 3 rings (SSSR count). The van der Waals surface area contributed by atoms with Crippen LogP contribution in [-0.2, 0) is 16.0 Å². The van der Waals surface area contributed by atoms with Crippen molar-refractivity contribution in [2.75, 3.05) is 10.6 Å². The second-order valence-electron chi connectivity index (χ2n) is 5.82. The Morgan fingerprint density at radius 1 is 1.07 bits per heavy atom. The van der Waals surface area contributed by atoms with E-state index in [9.17, 15) is 9.59 Å². The van der Waals surface area contributed by atoms with Gasteiger partial charge >= 0.3 is 0 Å². The van der Waals surface area contributed by atoms with Gasteiger partial charge in [-0.3, -0.25) is 9.59 Å². The number of nitrogens with one attached hydrogen (secondary N) is 2. The first-order chi connectivity index (χ1) is 13.1. The predicted molar refractivity (Wildman–Crippen MR) is 111 cm³/mol. The van der Waals surface area contributed by atoms with Gasteiger partial charge in [-0.15, -0.1) is 23.1 Å². The van der Waals surface area contributed by atoms with E-state index in [2.05, 4.69) is 15.6 Å². The fourth-order valence-corrected chi connectivity index (χ4v) is 3.75. The van der Waals surface area contributed by atoms with Gasteiger partial charge in [-0.05, 0) is 36.8 Å². The molecule has 1 aromatic heterocycles. The Bertz CT molecular complexity index is 881. The summed E-state index contributed by atoms with van der Waals surface area (Å²) in [6.07, 6.45) is 1.99. The van der Waals surface area contributed by atoms with E-state index in [1.54, 1.807) is 6.20 Å². The zero-order valence-electron chi connectivity index (χ0n) is 14.7. The Morgan fingerprint density at radius 2 is 1.81 bits per heavy atom. The number of nitrogens with zero attached hydrogens (tertiary/aromatic N) is 1. The van der Waals surface area contributed by atoms with Crippen molar-refractivity contribution in [1.82, 2.24) is 4.98 Å². The van der Waals surface area contributed by atoms with Crippen LogP contribution in [0.1, 0.15) is 12.5 Å². The van der Waals surface area contributed by atoms with E-state index in [4.69, 9.17) is 0 Å². The van der Waals surface area contributed by atoms with Crippen LogP contribution in [0.15, 0.2) is 71.1 Å². The number of benzene rings is 2. The molecule has 7 heteroatoms. The summed E-state index contributed by atoms with van der Waals surface area (Å²) >= 11 is 2.85. The molecule has 1 unspecified atom stereocenters. The van der Waals surface area contributed by atoms with Crippen molar-refractivity contribution in [3.8, 4) is 0 Å². The van der Waals surface area contributed by atoms with Gasteiger partial charge in [0.25, 0.3) is 0 Å². The van der Waals surface area contributed by atoms with Crippen LogP contribution < -0.4 is 10.6 Å². The molecule has 0 aliphatic carbocycles. The summed E-state index contributed by atoms with van der Waals surface area (Å²) in [5, 5.41) is 7.84. The summed E-state index contributed by atoms with van der Waals surface area (Å²) in [5.74, 6) is -0.145. The Balaban J connectivity index is 1.50. The number of thiazole rings is 1. The van der Waals surface area contributed by atoms with Gasteiger partial charge in [0.05, 0.1) is 11.7 Å². The lowest BCUT2D eigenvalue weighted by Crippen LogP contribution is -2.22. The van der Waals surface area contributed by atoms with Crippen molar-refractivity contribution in [3.63, 3.8) is 0 Å². The first-order valence-corrected chi connectivity index (χ1v) is 10.2. The van der Waals surface area contributed by atoms with E-state index in [1.165, 1.54) is 23.1 Å². The van der Waals surface area contributed by atoms with Crippen LogP contribution in [0.4, 0.5) is 10.8 Å². The molecule has 3 aromatic rings. The van der Waals surface area contributed by atoms with Crippen LogP contribution in [0, 0.1) is 0 Å². The lowest BCUT2D eigenvalue weighted by atomic mass is 10.1. The molecule has 1 atom stereocenters. The molecule has 2 N–H and O–H groups in total. The summed E-state index contributed by atoms with van der Waals surface area (Å²) in [5.41, 5.74) is 1.71. The van der Waals surface area contributed by atoms with Crippen molar-refractivity contribution in [3.05, 3.63) is 71.7 Å². The molecule has 0 spiro atoms. The second kappa shape index (κ2) is 9.34. The van der Waals surface area contributed by atoms with Gasteiger partial charge in [-0.2, -0.15) is 0 Å². The summed E-state index contributed by atoms with van der Waals surface area (Å²) in [6, 6.07) is 17.1. The van der Waals surface area contributed by atoms with Crippen LogP contribution in [0.25, 0.3) is 0 Å². The molecular formula is C20H19N3O2S2. The normalized spacial score (nSPS) is 11.6. The lowest BCUT2D eigenvalue weighted by Gasteiger charge is -2.11. The highest BCUT2D eigenvalue weighted by Gasteiger charge is 2.15. The molecule has 2 amide bonds. The number of hydrogen-bond acceptors (Lipinski definition) is 5. The minimum absolute atomic E-state index is 0.0576. The molecule has 0 radical (unpaired) electrons. The largest absolute Gasteiger partial charge is 0.326 e. The molecule has 5 nitrogen and oxygen atoms in total. The van der Waals surface area contributed by atoms with Crippen molar-refractivity contribution >= 4 is 45.7 Å². The topological polar surface area (TPSA) is 71.1 Å². The number of carbonyl (C=O) groups is 2. The molecule has 2 aromatic carbocycles. The fraction of sp³-hybridized carbons (Fsp3) is 0.150. The van der Waals surface area contributed by atoms with E-state index < -0.39 is 0 Å². The average Bonchev–Trinajstić information content (AvgIpc) is 3.17. The SMILES string of the molecule is CC(Sc1ccc(NC(=O)Cc2ccccc2)cc1)C(=O)Nc1nccs1. The third-order valence-corrected chi connectivity index (χ3v) is 5.49. The summed E-state index contributed by atoms with van der Waals surface area (Å²) in [4.78, 5) is 29.3. The minimum Gasteiger partial charge on any atom is -0.326 e. The Kier molecular flexibility index (Phi) is 6.62. The maximum Gasteiger partial charge on any atom is 0.239 e. The maximum atomic E-state index is 12.2. The number of aromatic nitrogens is 1. The Labute approximate surface area is 166 Å². The number of rotatable bonds is 7. The molecular weight excluding hydrogens is 378 g/mol. The van der Waals surface area contributed by atoms with E-state index in [1.807, 2.05) is 66.9 Å². The number of hydrogen-bond donors (Lipinski definition) is 2. The molecule has 0 aliphatic rings. The van der Waals surface area contributed by atoms with Crippen molar-refractivity contribution in [1.29, 1.82) is 0 Å². The first kappa shape index (κ1) is 19.1. The zero-order chi connectivity index (χ0) is 19.1. The molecule has 0 saturated heterocycles. The molecule has 0 saturated carbocycles. The summed E-state index contributed by atoms with van der Waals surface area (Å²) < 4.78 is 0. The number of thioether (sulfide) groups is 1. The second-order valence-corrected chi connectivity index (χ2v) is 8.13. The number of anilines is 2. The highest BCUT2D eigenvalue weighted by atomic mass is 32.2. The summed E-state index contributed by atoms with van der Waals surface area (Å²) in [7, 11) is 0. The van der Waals surface area contributed by atoms with Crippen LogP contribution >= 0.6 is 23.1 Å². The van der Waals surface area contributed by atoms with Crippen molar-refractivity contribution in [2.45, 2.75) is 23.5 Å². The monoisotopic (exact) mass is 397 g/mol. The van der Waals surface area contributed by atoms with Gasteiger partial charge in [-0.1, -0.05) is 30.3 Å². The first-order valence-electron chi connectivity index (χ1n) is 8.41. The number of carbonyl (C=O) groups excluding carboxylic acids is 2. The maximum absolute atomic E-state index is 12.2. The third-order valence-electron chi connectivity index (χ3n) is 3.69. The highest BCUT2D eigenvalue weighted by molar-refractivity contribution is 8.00. The Hall–Kier alpha value is -2.64. The molecule has 138 valence electrons. The van der Waals surface area contributed by atoms with Gasteiger partial charge in [0.1, 0.15) is 0 Å². The van der Waals surface area contributed by atoms with Gasteiger partial charge in [0.15, 0.2) is 5.13 Å². The van der Waals surface area contributed by atoms with Crippen molar-refractivity contribution < 1.29 is 9.59 Å². The molecule has 0 fully saturated rings.